The molecule has 0 aromatic rings. The van der Waals surface area contributed by atoms with Gasteiger partial charge in [-0.3, -0.25) is 0 Å². The van der Waals surface area contributed by atoms with Gasteiger partial charge < -0.3 is 4.74 Å². The summed E-state index contributed by atoms with van der Waals surface area (Å²) in [4.78, 5) is 10.9. The summed E-state index contributed by atoms with van der Waals surface area (Å²) in [7, 11) is 0. The molecule has 7 heteroatoms. The predicted octanol–water partition coefficient (Wildman–Crippen LogP) is 11.5. The van der Waals surface area contributed by atoms with Gasteiger partial charge in [-0.1, -0.05) is 161 Å². The fraction of sp³-hybridized carbons (Fsp3) is 0.967. The second-order valence-corrected chi connectivity index (χ2v) is 10.7. The van der Waals surface area contributed by atoms with Gasteiger partial charge in [0.1, 0.15) is 0 Å². The van der Waals surface area contributed by atoms with Crippen molar-refractivity contribution in [3.05, 3.63) is 0 Å². The molecule has 0 aliphatic heterocycles. The highest BCUT2D eigenvalue weighted by Gasteiger charge is 2.64. The normalized spacial score (nSPS) is 12.3. The zero-order chi connectivity index (χ0) is 27.7. The summed E-state index contributed by atoms with van der Waals surface area (Å²) in [5.74, 6) is -7.94. The molecule has 0 aromatic carbocycles. The molecule has 0 N–H and O–H groups in total. The third-order valence-corrected chi connectivity index (χ3v) is 7.09. The van der Waals surface area contributed by atoms with Crippen LogP contribution in [-0.2, 0) is 9.53 Å². The number of hydrogen-bond donors (Lipinski definition) is 0. The van der Waals surface area contributed by atoms with Crippen LogP contribution < -0.4 is 0 Å². The molecule has 0 aliphatic carbocycles. The van der Waals surface area contributed by atoms with Crippen LogP contribution in [0.1, 0.15) is 167 Å². The van der Waals surface area contributed by atoms with E-state index in [1.54, 1.807) is 0 Å². The zero-order valence-electron chi connectivity index (χ0n) is 23.6. The average molecular weight is 543 g/mol. The van der Waals surface area contributed by atoms with E-state index < -0.39 is 24.7 Å². The van der Waals surface area contributed by atoms with Crippen molar-refractivity contribution in [2.45, 2.75) is 180 Å². The predicted molar refractivity (Wildman–Crippen MR) is 143 cm³/mol. The first-order chi connectivity index (χ1) is 17.7. The molecule has 0 aliphatic rings. The van der Waals surface area contributed by atoms with Gasteiger partial charge in [-0.05, 0) is 6.42 Å². The second-order valence-electron chi connectivity index (χ2n) is 10.7. The number of alkyl halides is 5. The molecule has 0 heterocycles. The van der Waals surface area contributed by atoms with Crippen LogP contribution in [0.25, 0.3) is 0 Å². The zero-order valence-corrected chi connectivity index (χ0v) is 23.6. The molecule has 37 heavy (non-hydrogen) atoms. The molecule has 0 saturated heterocycles. The van der Waals surface area contributed by atoms with Crippen molar-refractivity contribution < 1.29 is 31.5 Å². The molecule has 2 nitrogen and oxygen atoms in total. The smallest absolute Gasteiger partial charge is 0.461 e. The van der Waals surface area contributed by atoms with Gasteiger partial charge >= 0.3 is 18.1 Å². The van der Waals surface area contributed by atoms with Crippen molar-refractivity contribution in [1.29, 1.82) is 0 Å². The molecule has 0 bridgehead atoms. The lowest BCUT2D eigenvalue weighted by atomic mass is 10.0. The lowest BCUT2D eigenvalue weighted by Gasteiger charge is -2.17. The van der Waals surface area contributed by atoms with Crippen molar-refractivity contribution in [2.75, 3.05) is 6.61 Å². The highest BCUT2D eigenvalue weighted by Crippen LogP contribution is 2.36. The molecule has 222 valence electrons. The summed E-state index contributed by atoms with van der Waals surface area (Å²) in [6.07, 6.45) is 25.3. The van der Waals surface area contributed by atoms with Crippen molar-refractivity contribution in [1.82, 2.24) is 0 Å². The van der Waals surface area contributed by atoms with E-state index in [4.69, 9.17) is 0 Å². The molecule has 0 amide bonds. The Morgan fingerprint density at radius 3 is 0.946 bits per heavy atom. The van der Waals surface area contributed by atoms with E-state index in [0.717, 1.165) is 19.3 Å². The van der Waals surface area contributed by atoms with Crippen LogP contribution in [0.4, 0.5) is 22.0 Å². The van der Waals surface area contributed by atoms with Crippen molar-refractivity contribution in [2.24, 2.45) is 0 Å². The SMILES string of the molecule is CCCCCCCCCCCCCCCCCCCCCCCCCCCOC(=O)C(F)(F)C(F)(F)F. The van der Waals surface area contributed by atoms with Crippen molar-refractivity contribution >= 4 is 5.97 Å². The number of hydrogen-bond acceptors (Lipinski definition) is 2. The van der Waals surface area contributed by atoms with Gasteiger partial charge in [0.05, 0.1) is 6.61 Å². The Morgan fingerprint density at radius 2 is 0.703 bits per heavy atom. The average Bonchev–Trinajstić information content (AvgIpc) is 2.85. The fourth-order valence-electron chi connectivity index (χ4n) is 4.61. The van der Waals surface area contributed by atoms with Crippen LogP contribution in [-0.4, -0.2) is 24.7 Å². The first-order valence-corrected chi connectivity index (χ1v) is 15.3. The highest BCUT2D eigenvalue weighted by atomic mass is 19.4. The number of halogens is 5. The Hall–Kier alpha value is -0.880. The standard InChI is InChI=1S/C30H55F5O2/c1-2-3-4-5-6-7-8-9-10-11-12-13-14-15-16-17-18-19-20-21-22-23-24-25-26-27-37-28(36)29(31,32)30(33,34)35/h2-27H2,1H3. The third-order valence-electron chi connectivity index (χ3n) is 7.09. The lowest BCUT2D eigenvalue weighted by molar-refractivity contribution is -0.280. The second kappa shape index (κ2) is 24.2. The van der Waals surface area contributed by atoms with Crippen LogP contribution in [0.2, 0.25) is 0 Å². The summed E-state index contributed by atoms with van der Waals surface area (Å²) in [6, 6.07) is 0. The maximum Gasteiger partial charge on any atom is 0.465 e. The Bertz CT molecular complexity index is 509. The summed E-state index contributed by atoms with van der Waals surface area (Å²) in [6.45, 7) is 1.87. The maximum atomic E-state index is 12.7. The highest BCUT2D eigenvalue weighted by molar-refractivity contribution is 5.78. The minimum Gasteiger partial charge on any atom is -0.461 e. The first-order valence-electron chi connectivity index (χ1n) is 15.3. The summed E-state index contributed by atoms with van der Waals surface area (Å²) < 4.78 is 65.6. The Morgan fingerprint density at radius 1 is 0.459 bits per heavy atom. The largest absolute Gasteiger partial charge is 0.465 e. The number of carbonyl (C=O) groups excluding carboxylic acids is 1. The molecular formula is C30H55F5O2. The molecule has 0 aromatic heterocycles. The van der Waals surface area contributed by atoms with Gasteiger partial charge in [-0.15, -0.1) is 0 Å². The lowest BCUT2D eigenvalue weighted by Crippen LogP contribution is -2.45. The van der Waals surface area contributed by atoms with E-state index in [1.807, 2.05) is 0 Å². The number of rotatable bonds is 27. The van der Waals surface area contributed by atoms with Gasteiger partial charge in [-0.2, -0.15) is 22.0 Å². The Balaban J connectivity index is 3.21. The molecule has 0 saturated carbocycles. The molecule has 0 spiro atoms. The molecule has 0 rings (SSSR count). The minimum absolute atomic E-state index is 0.304. The first kappa shape index (κ1) is 36.1. The van der Waals surface area contributed by atoms with E-state index in [1.165, 1.54) is 128 Å². The molecule has 0 unspecified atom stereocenters. The molecular weight excluding hydrogens is 487 g/mol. The van der Waals surface area contributed by atoms with Gasteiger partial charge in [-0.25, -0.2) is 4.79 Å². The van der Waals surface area contributed by atoms with Crippen LogP contribution >= 0.6 is 0 Å². The van der Waals surface area contributed by atoms with Crippen molar-refractivity contribution in [3.63, 3.8) is 0 Å². The summed E-state index contributed by atoms with van der Waals surface area (Å²) in [5.41, 5.74) is 0. The van der Waals surface area contributed by atoms with Crippen LogP contribution in [0, 0.1) is 0 Å². The van der Waals surface area contributed by atoms with E-state index in [2.05, 4.69) is 11.7 Å². The maximum absolute atomic E-state index is 12.7. The third kappa shape index (κ3) is 21.7. The minimum atomic E-state index is -5.91. The number of unbranched alkanes of at least 4 members (excludes halogenated alkanes) is 24. The Kier molecular flexibility index (Phi) is 23.6. The van der Waals surface area contributed by atoms with Crippen LogP contribution in [0.15, 0.2) is 0 Å². The molecule has 0 fully saturated rings. The van der Waals surface area contributed by atoms with Gasteiger partial charge in [0.25, 0.3) is 0 Å². The monoisotopic (exact) mass is 542 g/mol. The van der Waals surface area contributed by atoms with Crippen LogP contribution in [0.3, 0.4) is 0 Å². The van der Waals surface area contributed by atoms with Crippen LogP contribution in [0.5, 0.6) is 0 Å². The quantitative estimate of drug-likeness (QED) is 0.0586. The summed E-state index contributed by atoms with van der Waals surface area (Å²) in [5, 5.41) is 0. The van der Waals surface area contributed by atoms with Gasteiger partial charge in [0, 0.05) is 0 Å². The van der Waals surface area contributed by atoms with Gasteiger partial charge in [0.15, 0.2) is 0 Å². The van der Waals surface area contributed by atoms with E-state index in [0.29, 0.717) is 12.8 Å². The molecule has 0 radical (unpaired) electrons. The number of ether oxygens (including phenoxy) is 1. The van der Waals surface area contributed by atoms with E-state index in [-0.39, 0.29) is 0 Å². The van der Waals surface area contributed by atoms with Gasteiger partial charge in [0.2, 0.25) is 0 Å². The topological polar surface area (TPSA) is 26.3 Å². The fourth-order valence-corrected chi connectivity index (χ4v) is 4.61. The number of carbonyl (C=O) groups is 1. The van der Waals surface area contributed by atoms with Crippen molar-refractivity contribution in [3.8, 4) is 0 Å². The molecule has 0 atom stereocenters. The summed E-state index contributed by atoms with van der Waals surface area (Å²) >= 11 is 0. The van der Waals surface area contributed by atoms with E-state index >= 15 is 0 Å². The Labute approximate surface area is 223 Å². The van der Waals surface area contributed by atoms with E-state index in [9.17, 15) is 26.7 Å². The number of esters is 1.